The summed E-state index contributed by atoms with van der Waals surface area (Å²) in [5, 5.41) is 7.93. The van der Waals surface area contributed by atoms with Crippen LogP contribution in [0.2, 0.25) is 0 Å². The van der Waals surface area contributed by atoms with Crippen LogP contribution in [0.15, 0.2) is 70.7 Å². The van der Waals surface area contributed by atoms with Crippen LogP contribution in [0, 0.1) is 0 Å². The molecular weight excluding hydrogens is 388 g/mol. The summed E-state index contributed by atoms with van der Waals surface area (Å²) in [7, 11) is 0. The van der Waals surface area contributed by atoms with Crippen LogP contribution >= 0.6 is 11.3 Å². The molecule has 0 fully saturated rings. The van der Waals surface area contributed by atoms with Crippen molar-refractivity contribution in [3.05, 3.63) is 71.9 Å². The van der Waals surface area contributed by atoms with E-state index in [2.05, 4.69) is 79.7 Å². The van der Waals surface area contributed by atoms with Crippen LogP contribution in [0.3, 0.4) is 0 Å². The fraction of sp³-hybridized carbons (Fsp3) is 0.154. The molecule has 3 nitrogen and oxygen atoms in total. The summed E-state index contributed by atoms with van der Waals surface area (Å²) in [4.78, 5) is 9.21. The standard InChI is InChI=1S/C26H20N2OS/c1-26(2,3)19-13-16(12-15-6-4-5-7-17(15)19)24-23-22-18-10-11-30-21(18)9-8-20(22)29-25(23)28-14-27-24/h4-14H,1-3H3. The number of fused-ring (bicyclic) bond motifs is 6. The minimum absolute atomic E-state index is 0.0147. The number of rotatable bonds is 1. The Kier molecular flexibility index (Phi) is 3.60. The van der Waals surface area contributed by atoms with Crippen LogP contribution in [-0.2, 0) is 5.41 Å². The number of nitrogens with zero attached hydrogens (tertiary/aromatic N) is 2. The van der Waals surface area contributed by atoms with E-state index in [1.54, 1.807) is 17.7 Å². The monoisotopic (exact) mass is 408 g/mol. The lowest BCUT2D eigenvalue weighted by molar-refractivity contribution is 0.596. The SMILES string of the molecule is CC(C)(C)c1cc(-c2ncnc3oc4ccc5sccc5c4c23)cc2ccccc12. The van der Waals surface area contributed by atoms with Gasteiger partial charge in [0.15, 0.2) is 0 Å². The molecular formula is C26H20N2OS. The highest BCUT2D eigenvalue weighted by Crippen LogP contribution is 2.41. The molecule has 0 amide bonds. The maximum absolute atomic E-state index is 6.13. The van der Waals surface area contributed by atoms with Gasteiger partial charge in [0.05, 0.1) is 11.1 Å². The van der Waals surface area contributed by atoms with Crippen molar-refractivity contribution in [1.82, 2.24) is 9.97 Å². The Morgan fingerprint density at radius 2 is 1.73 bits per heavy atom. The van der Waals surface area contributed by atoms with Crippen LogP contribution in [0.1, 0.15) is 26.3 Å². The first kappa shape index (κ1) is 17.6. The molecule has 0 unspecified atom stereocenters. The third-order valence-corrected chi connectivity index (χ3v) is 6.69. The topological polar surface area (TPSA) is 38.9 Å². The van der Waals surface area contributed by atoms with Crippen molar-refractivity contribution in [3.63, 3.8) is 0 Å². The molecule has 0 bridgehead atoms. The van der Waals surface area contributed by atoms with E-state index >= 15 is 0 Å². The van der Waals surface area contributed by atoms with Gasteiger partial charge in [0.1, 0.15) is 11.9 Å². The van der Waals surface area contributed by atoms with Gasteiger partial charge in [0.2, 0.25) is 5.71 Å². The highest BCUT2D eigenvalue weighted by molar-refractivity contribution is 7.17. The van der Waals surface area contributed by atoms with Gasteiger partial charge in [-0.3, -0.25) is 0 Å². The van der Waals surface area contributed by atoms with Crippen molar-refractivity contribution in [2.45, 2.75) is 26.2 Å². The van der Waals surface area contributed by atoms with E-state index in [1.165, 1.54) is 26.4 Å². The fourth-order valence-electron chi connectivity index (χ4n) is 4.43. The first-order valence-corrected chi connectivity index (χ1v) is 11.0. The maximum atomic E-state index is 6.13. The number of thiophene rings is 1. The van der Waals surface area contributed by atoms with Gasteiger partial charge in [-0.2, -0.15) is 0 Å². The van der Waals surface area contributed by atoms with Crippen molar-refractivity contribution >= 4 is 54.3 Å². The summed E-state index contributed by atoms with van der Waals surface area (Å²) in [5.41, 5.74) is 4.85. The molecule has 3 aromatic carbocycles. The zero-order valence-electron chi connectivity index (χ0n) is 17.1. The maximum Gasteiger partial charge on any atom is 0.231 e. The third-order valence-electron chi connectivity index (χ3n) is 5.81. The van der Waals surface area contributed by atoms with E-state index in [4.69, 9.17) is 9.40 Å². The Bertz CT molecular complexity index is 1580. The van der Waals surface area contributed by atoms with E-state index in [-0.39, 0.29) is 5.41 Å². The number of aromatic nitrogens is 2. The normalized spacial score (nSPS) is 12.5. The van der Waals surface area contributed by atoms with E-state index in [0.29, 0.717) is 5.71 Å². The molecule has 0 saturated carbocycles. The molecule has 146 valence electrons. The number of furan rings is 1. The van der Waals surface area contributed by atoms with E-state index < -0.39 is 0 Å². The first-order chi connectivity index (χ1) is 14.5. The van der Waals surface area contributed by atoms with Crippen molar-refractivity contribution in [2.24, 2.45) is 0 Å². The van der Waals surface area contributed by atoms with Gasteiger partial charge in [-0.1, -0.05) is 45.0 Å². The second kappa shape index (κ2) is 6.13. The van der Waals surface area contributed by atoms with Gasteiger partial charge in [0, 0.05) is 21.0 Å². The third kappa shape index (κ3) is 2.50. The average Bonchev–Trinajstić information content (AvgIpc) is 3.35. The first-order valence-electron chi connectivity index (χ1n) is 10.1. The zero-order chi connectivity index (χ0) is 20.5. The summed E-state index contributed by atoms with van der Waals surface area (Å²) in [6, 6.07) is 19.4. The Morgan fingerprint density at radius 1 is 0.867 bits per heavy atom. The van der Waals surface area contributed by atoms with Gasteiger partial charge in [0.25, 0.3) is 0 Å². The molecule has 0 aliphatic rings. The molecule has 0 aliphatic heterocycles. The summed E-state index contributed by atoms with van der Waals surface area (Å²) in [6.45, 7) is 6.78. The molecule has 6 rings (SSSR count). The molecule has 3 aromatic heterocycles. The van der Waals surface area contributed by atoms with Crippen molar-refractivity contribution in [1.29, 1.82) is 0 Å². The lowest BCUT2D eigenvalue weighted by atomic mass is 9.82. The number of benzene rings is 3. The van der Waals surface area contributed by atoms with Crippen LogP contribution in [0.4, 0.5) is 0 Å². The van der Waals surface area contributed by atoms with Crippen molar-refractivity contribution < 1.29 is 4.42 Å². The minimum Gasteiger partial charge on any atom is -0.438 e. The average molecular weight is 409 g/mol. The smallest absolute Gasteiger partial charge is 0.231 e. The van der Waals surface area contributed by atoms with Crippen LogP contribution in [0.5, 0.6) is 0 Å². The van der Waals surface area contributed by atoms with Crippen LogP contribution in [0.25, 0.3) is 54.2 Å². The van der Waals surface area contributed by atoms with Gasteiger partial charge >= 0.3 is 0 Å². The Morgan fingerprint density at radius 3 is 2.60 bits per heavy atom. The minimum atomic E-state index is 0.0147. The van der Waals surface area contributed by atoms with Crippen molar-refractivity contribution in [3.8, 4) is 11.3 Å². The quantitative estimate of drug-likeness (QED) is 0.280. The van der Waals surface area contributed by atoms with E-state index in [0.717, 1.165) is 27.6 Å². The molecule has 0 radical (unpaired) electrons. The van der Waals surface area contributed by atoms with E-state index in [9.17, 15) is 0 Å². The van der Waals surface area contributed by atoms with Gasteiger partial charge in [-0.15, -0.1) is 11.3 Å². The van der Waals surface area contributed by atoms with Crippen LogP contribution < -0.4 is 0 Å². The molecule has 4 heteroatoms. The fourth-order valence-corrected chi connectivity index (χ4v) is 5.22. The Balaban J connectivity index is 1.76. The molecule has 0 N–H and O–H groups in total. The highest BCUT2D eigenvalue weighted by atomic mass is 32.1. The largest absolute Gasteiger partial charge is 0.438 e. The zero-order valence-corrected chi connectivity index (χ0v) is 17.9. The molecule has 30 heavy (non-hydrogen) atoms. The van der Waals surface area contributed by atoms with Gasteiger partial charge < -0.3 is 4.42 Å². The highest BCUT2D eigenvalue weighted by Gasteiger charge is 2.21. The van der Waals surface area contributed by atoms with Gasteiger partial charge in [-0.05, 0) is 57.5 Å². The lowest BCUT2D eigenvalue weighted by Gasteiger charge is -2.22. The predicted molar refractivity (Wildman–Crippen MR) is 126 cm³/mol. The molecule has 0 saturated heterocycles. The Labute approximate surface area is 178 Å². The molecule has 0 spiro atoms. The molecule has 6 aromatic rings. The summed E-state index contributed by atoms with van der Waals surface area (Å²) < 4.78 is 7.37. The summed E-state index contributed by atoms with van der Waals surface area (Å²) >= 11 is 1.74. The number of hydrogen-bond acceptors (Lipinski definition) is 4. The molecule has 0 aliphatic carbocycles. The van der Waals surface area contributed by atoms with E-state index in [1.807, 2.05) is 6.07 Å². The second-order valence-electron chi connectivity index (χ2n) is 8.77. The second-order valence-corrected chi connectivity index (χ2v) is 9.72. The predicted octanol–water partition coefficient (Wildman–Crippen LogP) is 7.71. The lowest BCUT2D eigenvalue weighted by Crippen LogP contribution is -2.12. The summed E-state index contributed by atoms with van der Waals surface area (Å²) in [6.07, 6.45) is 1.61. The van der Waals surface area contributed by atoms with Crippen molar-refractivity contribution in [2.75, 3.05) is 0 Å². The Hall–Kier alpha value is -3.24. The number of hydrogen-bond donors (Lipinski definition) is 0. The van der Waals surface area contributed by atoms with Gasteiger partial charge in [-0.25, -0.2) is 9.97 Å². The van der Waals surface area contributed by atoms with Crippen LogP contribution in [-0.4, -0.2) is 9.97 Å². The summed E-state index contributed by atoms with van der Waals surface area (Å²) in [5.74, 6) is 0. The molecule has 0 atom stereocenters. The molecule has 3 heterocycles.